The molecule has 1 atom stereocenters. The number of rotatable bonds is 2. The van der Waals surface area contributed by atoms with Gasteiger partial charge in [0.1, 0.15) is 9.83 Å². The van der Waals surface area contributed by atoms with Crippen LogP contribution in [-0.4, -0.2) is 20.7 Å². The summed E-state index contributed by atoms with van der Waals surface area (Å²) < 4.78 is 1.20. The van der Waals surface area contributed by atoms with Crippen molar-refractivity contribution in [2.75, 3.05) is 6.54 Å². The summed E-state index contributed by atoms with van der Waals surface area (Å²) in [4.78, 5) is 10.1. The van der Waals surface area contributed by atoms with Crippen LogP contribution in [0, 0.1) is 10.1 Å². The van der Waals surface area contributed by atoms with E-state index in [-0.39, 0.29) is 5.50 Å². The second-order valence-electron chi connectivity index (χ2n) is 2.38. The molecule has 0 spiro atoms. The quantitative estimate of drug-likeness (QED) is 0.222. The standard InChI is InChI=1S/C5H9ClN2O2S/c6-5-3-1-2-4-7(5)11-8(9)10/h5H,1-4H2. The molecular weight excluding hydrogens is 188 g/mol. The summed E-state index contributed by atoms with van der Waals surface area (Å²) in [6.45, 7) is 0.722. The lowest BCUT2D eigenvalue weighted by molar-refractivity contribution is -0.290. The number of alkyl halides is 1. The van der Waals surface area contributed by atoms with E-state index in [1.54, 1.807) is 4.31 Å². The summed E-state index contributed by atoms with van der Waals surface area (Å²) in [6.07, 6.45) is 2.93. The van der Waals surface area contributed by atoms with Crippen molar-refractivity contribution < 1.29 is 4.33 Å². The van der Waals surface area contributed by atoms with E-state index < -0.39 is 4.33 Å². The largest absolute Gasteiger partial charge is 0.325 e. The molecule has 11 heavy (non-hydrogen) atoms. The van der Waals surface area contributed by atoms with Gasteiger partial charge in [-0.25, -0.2) is 10.1 Å². The summed E-state index contributed by atoms with van der Waals surface area (Å²) >= 11 is 6.43. The van der Waals surface area contributed by atoms with Gasteiger partial charge in [-0.15, -0.1) is 11.6 Å². The van der Waals surface area contributed by atoms with Gasteiger partial charge in [0.2, 0.25) is 0 Å². The van der Waals surface area contributed by atoms with Crippen molar-refractivity contribution in [3.05, 3.63) is 10.1 Å². The van der Waals surface area contributed by atoms with Crippen molar-refractivity contribution in [1.82, 2.24) is 4.31 Å². The highest BCUT2D eigenvalue weighted by Crippen LogP contribution is 2.26. The lowest BCUT2D eigenvalue weighted by Gasteiger charge is -2.24. The monoisotopic (exact) mass is 196 g/mol. The average Bonchev–Trinajstić information content (AvgIpc) is 1.93. The third kappa shape index (κ3) is 2.84. The van der Waals surface area contributed by atoms with Crippen LogP contribution in [0.4, 0.5) is 0 Å². The third-order valence-electron chi connectivity index (χ3n) is 1.55. The molecule has 0 aromatic heterocycles. The number of nitrogens with zero attached hydrogens (tertiary/aromatic N) is 2. The van der Waals surface area contributed by atoms with E-state index in [1.165, 1.54) is 0 Å². The molecule has 0 saturated carbocycles. The van der Waals surface area contributed by atoms with Crippen molar-refractivity contribution in [3.8, 4) is 0 Å². The summed E-state index contributed by atoms with van der Waals surface area (Å²) in [5, 5.41) is 10.1. The van der Waals surface area contributed by atoms with E-state index in [0.29, 0.717) is 12.1 Å². The molecule has 0 radical (unpaired) electrons. The number of piperidine rings is 1. The first-order valence-corrected chi connectivity index (χ1v) is 4.60. The predicted octanol–water partition coefficient (Wildman–Crippen LogP) is 1.88. The Morgan fingerprint density at radius 1 is 1.64 bits per heavy atom. The Morgan fingerprint density at radius 3 is 2.91 bits per heavy atom. The molecule has 1 aliphatic heterocycles. The van der Waals surface area contributed by atoms with Gasteiger partial charge in [0.05, 0.1) is 0 Å². The number of nitro groups is 1. The van der Waals surface area contributed by atoms with Crippen molar-refractivity contribution in [1.29, 1.82) is 0 Å². The lowest BCUT2D eigenvalue weighted by Crippen LogP contribution is -2.31. The molecule has 1 unspecified atom stereocenters. The zero-order valence-corrected chi connectivity index (χ0v) is 7.48. The summed E-state index contributed by atoms with van der Waals surface area (Å²) in [5.41, 5.74) is -0.167. The van der Waals surface area contributed by atoms with E-state index >= 15 is 0 Å². The fourth-order valence-corrected chi connectivity index (χ4v) is 1.99. The number of hydrogen-bond acceptors (Lipinski definition) is 4. The Kier molecular flexibility index (Phi) is 3.42. The minimum absolute atomic E-state index is 0.167. The van der Waals surface area contributed by atoms with Gasteiger partial charge < -0.3 is 0 Å². The first-order chi connectivity index (χ1) is 5.20. The third-order valence-corrected chi connectivity index (χ3v) is 2.90. The van der Waals surface area contributed by atoms with Gasteiger partial charge in [0.15, 0.2) is 0 Å². The molecule has 6 heteroatoms. The smallest absolute Gasteiger partial charge is 0.249 e. The van der Waals surface area contributed by atoms with Crippen LogP contribution in [0.3, 0.4) is 0 Å². The van der Waals surface area contributed by atoms with Crippen molar-refractivity contribution in [2.24, 2.45) is 0 Å². The molecule has 64 valence electrons. The number of halogens is 1. The molecule has 0 bridgehead atoms. The zero-order valence-electron chi connectivity index (χ0n) is 5.90. The summed E-state index contributed by atoms with van der Waals surface area (Å²) in [7, 11) is 0. The molecule has 1 saturated heterocycles. The minimum atomic E-state index is -0.416. The maximum atomic E-state index is 10.1. The fraction of sp³-hybridized carbons (Fsp3) is 1.00. The maximum Gasteiger partial charge on any atom is 0.325 e. The molecule has 1 fully saturated rings. The normalized spacial score (nSPS) is 26.8. The van der Waals surface area contributed by atoms with E-state index in [1.807, 2.05) is 0 Å². The van der Waals surface area contributed by atoms with Gasteiger partial charge in [-0.1, -0.05) is 0 Å². The second kappa shape index (κ2) is 4.13. The molecule has 0 aromatic rings. The summed E-state index contributed by atoms with van der Waals surface area (Å²) in [6, 6.07) is 0. The fourth-order valence-electron chi connectivity index (χ4n) is 1.04. The van der Waals surface area contributed by atoms with Gasteiger partial charge in [-0.3, -0.25) is 0 Å². The van der Waals surface area contributed by atoms with Crippen LogP contribution in [0.1, 0.15) is 19.3 Å². The van der Waals surface area contributed by atoms with Crippen molar-refractivity contribution in [3.63, 3.8) is 0 Å². The van der Waals surface area contributed by atoms with Gasteiger partial charge >= 0.3 is 12.1 Å². The van der Waals surface area contributed by atoms with Gasteiger partial charge in [0.25, 0.3) is 0 Å². The minimum Gasteiger partial charge on any atom is -0.249 e. The Bertz CT molecular complexity index is 157. The van der Waals surface area contributed by atoms with Crippen LogP contribution in [0.25, 0.3) is 0 Å². The predicted molar refractivity (Wildman–Crippen MR) is 44.8 cm³/mol. The first-order valence-electron chi connectivity index (χ1n) is 3.43. The number of hydrogen-bond donors (Lipinski definition) is 0. The highest BCUT2D eigenvalue weighted by molar-refractivity contribution is 7.91. The van der Waals surface area contributed by atoms with Crippen LogP contribution in [0.5, 0.6) is 0 Å². The Balaban J connectivity index is 2.35. The average molecular weight is 197 g/mol. The van der Waals surface area contributed by atoms with Crippen LogP contribution >= 0.6 is 23.7 Å². The highest BCUT2D eigenvalue weighted by atomic mass is 35.5. The molecule has 1 heterocycles. The van der Waals surface area contributed by atoms with Crippen LogP contribution in [-0.2, 0) is 0 Å². The lowest BCUT2D eigenvalue weighted by atomic mass is 10.2. The van der Waals surface area contributed by atoms with Crippen molar-refractivity contribution >= 4 is 23.7 Å². The van der Waals surface area contributed by atoms with Gasteiger partial charge in [-0.2, -0.15) is 4.31 Å². The van der Waals surface area contributed by atoms with E-state index in [9.17, 15) is 10.1 Å². The molecule has 0 amide bonds. The second-order valence-corrected chi connectivity index (χ2v) is 3.81. The van der Waals surface area contributed by atoms with Crippen LogP contribution in [0.15, 0.2) is 0 Å². The van der Waals surface area contributed by atoms with E-state index in [2.05, 4.69) is 0 Å². The SMILES string of the molecule is O=[N+]([O-])SN1CCCCC1Cl. The molecular formula is C5H9ClN2O2S. The highest BCUT2D eigenvalue weighted by Gasteiger charge is 2.26. The van der Waals surface area contributed by atoms with Crippen molar-refractivity contribution in [2.45, 2.75) is 24.8 Å². The zero-order chi connectivity index (χ0) is 8.27. The van der Waals surface area contributed by atoms with Gasteiger partial charge in [0, 0.05) is 6.54 Å². The molecule has 4 nitrogen and oxygen atoms in total. The molecule has 1 rings (SSSR count). The van der Waals surface area contributed by atoms with Crippen LogP contribution in [0.2, 0.25) is 0 Å². The van der Waals surface area contributed by atoms with Crippen LogP contribution < -0.4 is 0 Å². The van der Waals surface area contributed by atoms with Gasteiger partial charge in [-0.05, 0) is 19.3 Å². The van der Waals surface area contributed by atoms with E-state index in [4.69, 9.17) is 11.6 Å². The first kappa shape index (κ1) is 9.09. The topological polar surface area (TPSA) is 46.4 Å². The Hall–Kier alpha value is -0.000000000000000111. The molecule has 0 aromatic carbocycles. The van der Waals surface area contributed by atoms with E-state index in [0.717, 1.165) is 25.8 Å². The Morgan fingerprint density at radius 2 is 2.36 bits per heavy atom. The maximum absolute atomic E-state index is 10.1. The summed E-state index contributed by atoms with van der Waals surface area (Å²) in [5.74, 6) is 0. The Labute approximate surface area is 74.3 Å². The molecule has 0 N–H and O–H groups in total. The molecule has 0 aliphatic carbocycles. The molecule has 1 aliphatic rings.